The predicted octanol–water partition coefficient (Wildman–Crippen LogP) is 8.19. The molecule has 0 spiro atoms. The minimum Gasteiger partial charge on any atom is -0.508 e. The van der Waals surface area contributed by atoms with Gasteiger partial charge in [-0.15, -0.1) is 0 Å². The van der Waals surface area contributed by atoms with Crippen molar-refractivity contribution >= 4 is 0 Å². The predicted molar refractivity (Wildman–Crippen MR) is 159 cm³/mol. The Morgan fingerprint density at radius 3 is 0.718 bits per heavy atom. The summed E-state index contributed by atoms with van der Waals surface area (Å²) in [4.78, 5) is 0. The van der Waals surface area contributed by atoms with Gasteiger partial charge in [-0.1, -0.05) is 78.9 Å². The lowest BCUT2D eigenvalue weighted by Crippen LogP contribution is -1.78. The molecule has 5 N–H and O–H groups in total. The second kappa shape index (κ2) is 18.4. The molecular weight excluding hydrogens is 488 g/mol. The van der Waals surface area contributed by atoms with Crippen LogP contribution in [-0.4, -0.2) is 25.5 Å². The smallest absolute Gasteiger partial charge is 0.118 e. The average molecular weight is 527 g/mol. The van der Waals surface area contributed by atoms with E-state index in [4.69, 9.17) is 25.5 Å². The fourth-order valence-electron chi connectivity index (χ4n) is 2.76. The molecule has 0 atom stereocenters. The molecule has 5 aromatic carbocycles. The van der Waals surface area contributed by atoms with Crippen molar-refractivity contribution in [1.82, 2.24) is 0 Å². The third-order valence-electron chi connectivity index (χ3n) is 5.42. The fraction of sp³-hybridized carbons (Fsp3) is 0.118. The maximum atomic E-state index is 9.10. The quantitative estimate of drug-likeness (QED) is 0.140. The Bertz CT molecular complexity index is 1140. The Morgan fingerprint density at radius 2 is 0.564 bits per heavy atom. The van der Waals surface area contributed by atoms with E-state index >= 15 is 0 Å². The van der Waals surface area contributed by atoms with Crippen LogP contribution in [0.15, 0.2) is 127 Å². The van der Waals surface area contributed by atoms with E-state index in [1.165, 1.54) is 0 Å². The van der Waals surface area contributed by atoms with Gasteiger partial charge in [0.1, 0.15) is 28.7 Å². The zero-order valence-electron chi connectivity index (χ0n) is 22.9. The van der Waals surface area contributed by atoms with Crippen LogP contribution in [0.25, 0.3) is 0 Å². The molecule has 5 heteroatoms. The number of aromatic hydroxyl groups is 5. The van der Waals surface area contributed by atoms with Crippen LogP contribution in [0.4, 0.5) is 0 Å². The first-order valence-corrected chi connectivity index (χ1v) is 12.3. The van der Waals surface area contributed by atoms with Crippen molar-refractivity contribution in [2.45, 2.75) is 27.7 Å². The zero-order chi connectivity index (χ0) is 29.0. The average Bonchev–Trinajstić information content (AvgIpc) is 2.93. The molecule has 0 radical (unpaired) electrons. The highest BCUT2D eigenvalue weighted by Gasteiger charge is 1.95. The second-order valence-electron chi connectivity index (χ2n) is 8.44. The third kappa shape index (κ3) is 14.4. The van der Waals surface area contributed by atoms with Crippen molar-refractivity contribution in [3.63, 3.8) is 0 Å². The number of phenols is 5. The minimum atomic E-state index is 0.322. The molecular formula is C34H38O5. The second-order valence-corrected chi connectivity index (χ2v) is 8.44. The van der Waals surface area contributed by atoms with Gasteiger partial charge in [-0.25, -0.2) is 0 Å². The van der Waals surface area contributed by atoms with Crippen molar-refractivity contribution in [3.8, 4) is 28.7 Å². The molecule has 5 rings (SSSR count). The summed E-state index contributed by atoms with van der Waals surface area (Å²) in [6, 6.07) is 37.2. The number of phenolic OH excluding ortho intramolecular Hbond substituents is 5. The summed E-state index contributed by atoms with van der Waals surface area (Å²) in [5.41, 5.74) is 4.21. The highest BCUT2D eigenvalue weighted by atomic mass is 16.3. The molecule has 0 fully saturated rings. The largest absolute Gasteiger partial charge is 0.508 e. The van der Waals surface area contributed by atoms with E-state index in [9.17, 15) is 0 Å². The summed E-state index contributed by atoms with van der Waals surface area (Å²) >= 11 is 0. The van der Waals surface area contributed by atoms with Crippen molar-refractivity contribution < 1.29 is 25.5 Å². The van der Waals surface area contributed by atoms with E-state index in [1.54, 1.807) is 84.9 Å². The van der Waals surface area contributed by atoms with E-state index in [0.717, 1.165) is 22.3 Å². The SMILES string of the molecule is Cc1cccc(O)c1C.Cc1cccc(O)c1C.Oc1ccccc1.Oc1ccccc1.Oc1ccccc1. The summed E-state index contributed by atoms with van der Waals surface area (Å²) in [5.74, 6) is 1.73. The van der Waals surface area contributed by atoms with Crippen molar-refractivity contribution in [2.24, 2.45) is 0 Å². The van der Waals surface area contributed by atoms with Gasteiger partial charge in [0.05, 0.1) is 0 Å². The molecule has 0 aromatic heterocycles. The first-order valence-electron chi connectivity index (χ1n) is 12.3. The molecule has 0 aliphatic heterocycles. The van der Waals surface area contributed by atoms with Crippen LogP contribution >= 0.6 is 0 Å². The monoisotopic (exact) mass is 526 g/mol. The summed E-state index contributed by atoms with van der Waals surface area (Å²) < 4.78 is 0. The minimum absolute atomic E-state index is 0.322. The maximum Gasteiger partial charge on any atom is 0.118 e. The molecule has 5 aromatic rings. The van der Waals surface area contributed by atoms with Crippen LogP contribution in [0.3, 0.4) is 0 Å². The molecule has 39 heavy (non-hydrogen) atoms. The summed E-state index contributed by atoms with van der Waals surface area (Å²) in [7, 11) is 0. The molecule has 0 unspecified atom stereocenters. The van der Waals surface area contributed by atoms with Gasteiger partial charge in [0.2, 0.25) is 0 Å². The number of aryl methyl sites for hydroxylation is 2. The van der Waals surface area contributed by atoms with E-state index in [1.807, 2.05) is 70.2 Å². The van der Waals surface area contributed by atoms with Gasteiger partial charge in [-0.3, -0.25) is 0 Å². The van der Waals surface area contributed by atoms with E-state index < -0.39 is 0 Å². The molecule has 204 valence electrons. The van der Waals surface area contributed by atoms with Gasteiger partial charge in [-0.2, -0.15) is 0 Å². The molecule has 0 saturated heterocycles. The van der Waals surface area contributed by atoms with E-state index in [2.05, 4.69) is 0 Å². The Labute approximate surface area is 231 Å². The van der Waals surface area contributed by atoms with Crippen LogP contribution < -0.4 is 0 Å². The number of rotatable bonds is 0. The Kier molecular flexibility index (Phi) is 15.1. The van der Waals surface area contributed by atoms with Gasteiger partial charge in [-0.05, 0) is 98.5 Å². The van der Waals surface area contributed by atoms with Gasteiger partial charge in [0, 0.05) is 0 Å². The lowest BCUT2D eigenvalue weighted by molar-refractivity contribution is 0.470. The number of hydrogen-bond donors (Lipinski definition) is 5. The van der Waals surface area contributed by atoms with Crippen LogP contribution in [-0.2, 0) is 0 Å². The molecule has 0 aliphatic carbocycles. The first-order chi connectivity index (χ1) is 18.6. The molecule has 0 bridgehead atoms. The lowest BCUT2D eigenvalue weighted by atomic mass is 10.1. The highest BCUT2D eigenvalue weighted by molar-refractivity contribution is 5.37. The zero-order valence-corrected chi connectivity index (χ0v) is 22.9. The standard InChI is InChI=1S/2C8H10O.3C6H6O/c2*1-6-4-3-5-8(9)7(6)2;3*7-6-4-2-1-3-5-6/h2*3-5,9H,1-2H3;3*1-5,7H. The number of hydrogen-bond acceptors (Lipinski definition) is 5. The third-order valence-corrected chi connectivity index (χ3v) is 5.42. The molecule has 0 heterocycles. The van der Waals surface area contributed by atoms with Crippen LogP contribution in [0.2, 0.25) is 0 Å². The van der Waals surface area contributed by atoms with Crippen molar-refractivity contribution in [2.75, 3.05) is 0 Å². The molecule has 0 amide bonds. The Morgan fingerprint density at radius 1 is 0.308 bits per heavy atom. The van der Waals surface area contributed by atoms with Gasteiger partial charge in [0.15, 0.2) is 0 Å². The van der Waals surface area contributed by atoms with Crippen LogP contribution in [0.5, 0.6) is 28.7 Å². The topological polar surface area (TPSA) is 101 Å². The number of para-hydroxylation sites is 3. The van der Waals surface area contributed by atoms with Crippen molar-refractivity contribution in [1.29, 1.82) is 0 Å². The molecule has 0 saturated carbocycles. The molecule has 0 aliphatic rings. The van der Waals surface area contributed by atoms with Crippen LogP contribution in [0.1, 0.15) is 22.3 Å². The molecule has 5 nitrogen and oxygen atoms in total. The fourth-order valence-corrected chi connectivity index (χ4v) is 2.76. The van der Waals surface area contributed by atoms with Gasteiger partial charge < -0.3 is 25.5 Å². The van der Waals surface area contributed by atoms with Crippen LogP contribution in [0, 0.1) is 27.7 Å². The normalized spacial score (nSPS) is 9.03. The highest BCUT2D eigenvalue weighted by Crippen LogP contribution is 2.18. The van der Waals surface area contributed by atoms with E-state index in [-0.39, 0.29) is 0 Å². The summed E-state index contributed by atoms with van der Waals surface area (Å²) in [6.45, 7) is 7.78. The summed E-state index contributed by atoms with van der Waals surface area (Å²) in [6.07, 6.45) is 0. The van der Waals surface area contributed by atoms with Gasteiger partial charge in [0.25, 0.3) is 0 Å². The lowest BCUT2D eigenvalue weighted by Gasteiger charge is -1.99. The first kappa shape index (κ1) is 32.1. The Hall–Kier alpha value is -4.90. The maximum absolute atomic E-state index is 9.10. The van der Waals surface area contributed by atoms with E-state index in [0.29, 0.717) is 28.7 Å². The number of benzene rings is 5. The van der Waals surface area contributed by atoms with Gasteiger partial charge >= 0.3 is 0 Å². The summed E-state index contributed by atoms with van der Waals surface area (Å²) in [5, 5.41) is 44.1. The van der Waals surface area contributed by atoms with Crippen molar-refractivity contribution in [3.05, 3.63) is 150 Å². The Balaban J connectivity index is 0.000000245.